The summed E-state index contributed by atoms with van der Waals surface area (Å²) in [4.78, 5) is 16.3. The Morgan fingerprint density at radius 1 is 1.19 bits per heavy atom. The summed E-state index contributed by atoms with van der Waals surface area (Å²) >= 11 is 1.39. The van der Waals surface area contributed by atoms with Crippen LogP contribution in [0.2, 0.25) is 0 Å². The molecule has 0 aliphatic heterocycles. The number of rotatable bonds is 7. The third kappa shape index (κ3) is 4.70. The number of aromatic nitrogens is 4. The van der Waals surface area contributed by atoms with Gasteiger partial charge in [0.05, 0.1) is 18.3 Å². The van der Waals surface area contributed by atoms with Crippen molar-refractivity contribution < 1.29 is 4.79 Å². The van der Waals surface area contributed by atoms with Gasteiger partial charge in [-0.05, 0) is 31.0 Å². The van der Waals surface area contributed by atoms with Gasteiger partial charge in [-0.2, -0.15) is 0 Å². The number of pyridine rings is 1. The average Bonchev–Trinajstić information content (AvgIpc) is 3.01. The molecule has 0 saturated heterocycles. The van der Waals surface area contributed by atoms with Crippen LogP contribution in [0.3, 0.4) is 0 Å². The Hall–Kier alpha value is -2.67. The number of hydrogen-bond acceptors (Lipinski definition) is 5. The van der Waals surface area contributed by atoms with Crippen LogP contribution in [-0.2, 0) is 11.3 Å². The molecular formula is C19H21N5OS. The maximum absolute atomic E-state index is 12.3. The minimum atomic E-state index is -0.0827. The Morgan fingerprint density at radius 2 is 2.00 bits per heavy atom. The van der Waals surface area contributed by atoms with Gasteiger partial charge in [0.15, 0.2) is 5.16 Å². The van der Waals surface area contributed by atoms with Crippen molar-refractivity contribution in [1.29, 1.82) is 0 Å². The van der Waals surface area contributed by atoms with Gasteiger partial charge in [-0.1, -0.05) is 48.2 Å². The highest BCUT2D eigenvalue weighted by Gasteiger charge is 2.14. The number of benzene rings is 1. The van der Waals surface area contributed by atoms with E-state index >= 15 is 0 Å². The molecular weight excluding hydrogens is 346 g/mol. The van der Waals surface area contributed by atoms with Crippen LogP contribution >= 0.6 is 11.8 Å². The number of thioether (sulfide) groups is 1. The van der Waals surface area contributed by atoms with Crippen LogP contribution in [0.25, 0.3) is 0 Å². The van der Waals surface area contributed by atoms with Gasteiger partial charge in [-0.3, -0.25) is 9.78 Å². The molecule has 2 heterocycles. The third-order valence-electron chi connectivity index (χ3n) is 3.98. The van der Waals surface area contributed by atoms with Crippen molar-refractivity contribution in [1.82, 2.24) is 25.1 Å². The summed E-state index contributed by atoms with van der Waals surface area (Å²) < 4.78 is 2.03. The molecule has 1 N–H and O–H groups in total. The monoisotopic (exact) mass is 367 g/mol. The van der Waals surface area contributed by atoms with E-state index in [1.165, 1.54) is 17.3 Å². The van der Waals surface area contributed by atoms with Crippen LogP contribution in [0.15, 0.2) is 60.0 Å². The molecule has 3 aromatic rings. The summed E-state index contributed by atoms with van der Waals surface area (Å²) in [6, 6.07) is 13.9. The normalized spacial score (nSPS) is 11.9. The predicted octanol–water partition coefficient (Wildman–Crippen LogP) is 3.00. The van der Waals surface area contributed by atoms with E-state index in [1.807, 2.05) is 48.7 Å². The molecule has 0 aliphatic carbocycles. The zero-order valence-corrected chi connectivity index (χ0v) is 15.6. The molecule has 7 heteroatoms. The number of carbonyl (C=O) groups excluding carboxylic acids is 1. The molecule has 0 bridgehead atoms. The lowest BCUT2D eigenvalue weighted by atomic mass is 10.1. The minimum Gasteiger partial charge on any atom is -0.349 e. The van der Waals surface area contributed by atoms with Gasteiger partial charge >= 0.3 is 0 Å². The molecule has 3 rings (SSSR count). The van der Waals surface area contributed by atoms with Crippen LogP contribution in [0, 0.1) is 6.92 Å². The first kappa shape index (κ1) is 18.1. The van der Waals surface area contributed by atoms with E-state index < -0.39 is 0 Å². The van der Waals surface area contributed by atoms with Crippen LogP contribution in [-0.4, -0.2) is 31.4 Å². The van der Waals surface area contributed by atoms with Crippen molar-refractivity contribution in [3.8, 4) is 0 Å². The molecule has 0 fully saturated rings. The maximum Gasteiger partial charge on any atom is 0.230 e. The zero-order valence-electron chi connectivity index (χ0n) is 14.8. The first-order valence-electron chi connectivity index (χ1n) is 8.39. The standard InChI is InChI=1S/C19H21N5OS/c1-14(17-9-6-10-20-11-17)21-18(25)13-26-19-23-22-15(2)24(19)12-16-7-4-3-5-8-16/h3-11,14H,12-13H2,1-2H3,(H,21,25). The van der Waals surface area contributed by atoms with Gasteiger partial charge in [-0.15, -0.1) is 10.2 Å². The van der Waals surface area contributed by atoms with Crippen LogP contribution in [0.1, 0.15) is 29.9 Å². The van der Waals surface area contributed by atoms with Crippen LogP contribution in [0.5, 0.6) is 0 Å². The first-order valence-corrected chi connectivity index (χ1v) is 9.38. The fraction of sp³-hybridized carbons (Fsp3) is 0.263. The van der Waals surface area contributed by atoms with Crippen molar-refractivity contribution in [3.05, 3.63) is 71.8 Å². The Balaban J connectivity index is 1.59. The van der Waals surface area contributed by atoms with E-state index in [2.05, 4.69) is 32.6 Å². The molecule has 0 radical (unpaired) electrons. The van der Waals surface area contributed by atoms with Crippen molar-refractivity contribution in [2.75, 3.05) is 5.75 Å². The van der Waals surface area contributed by atoms with E-state index in [0.29, 0.717) is 6.54 Å². The topological polar surface area (TPSA) is 72.7 Å². The summed E-state index contributed by atoms with van der Waals surface area (Å²) in [6.45, 7) is 4.56. The van der Waals surface area contributed by atoms with Gasteiger partial charge in [0.25, 0.3) is 0 Å². The highest BCUT2D eigenvalue weighted by Crippen LogP contribution is 2.19. The Labute approximate surface area is 157 Å². The number of amides is 1. The Bertz CT molecular complexity index is 851. The van der Waals surface area contributed by atoms with E-state index in [-0.39, 0.29) is 17.7 Å². The summed E-state index contributed by atoms with van der Waals surface area (Å²) in [5, 5.41) is 12.1. The predicted molar refractivity (Wildman–Crippen MR) is 102 cm³/mol. The van der Waals surface area contributed by atoms with E-state index in [1.54, 1.807) is 12.4 Å². The van der Waals surface area contributed by atoms with Gasteiger partial charge in [0.2, 0.25) is 5.91 Å². The second kappa shape index (κ2) is 8.62. The van der Waals surface area contributed by atoms with Gasteiger partial charge < -0.3 is 9.88 Å². The highest BCUT2D eigenvalue weighted by molar-refractivity contribution is 7.99. The quantitative estimate of drug-likeness (QED) is 0.650. The summed E-state index contributed by atoms with van der Waals surface area (Å²) in [6.07, 6.45) is 3.48. The second-order valence-corrected chi connectivity index (χ2v) is 6.91. The summed E-state index contributed by atoms with van der Waals surface area (Å²) in [5.41, 5.74) is 2.15. The molecule has 0 aliphatic rings. The molecule has 0 saturated carbocycles. The maximum atomic E-state index is 12.3. The molecule has 26 heavy (non-hydrogen) atoms. The SMILES string of the molecule is Cc1nnc(SCC(=O)NC(C)c2cccnc2)n1Cc1ccccc1. The van der Waals surface area contributed by atoms with Crippen molar-refractivity contribution >= 4 is 17.7 Å². The van der Waals surface area contributed by atoms with E-state index in [4.69, 9.17) is 0 Å². The molecule has 134 valence electrons. The Morgan fingerprint density at radius 3 is 2.73 bits per heavy atom. The first-order chi connectivity index (χ1) is 12.6. The highest BCUT2D eigenvalue weighted by atomic mass is 32.2. The third-order valence-corrected chi connectivity index (χ3v) is 4.95. The largest absolute Gasteiger partial charge is 0.349 e. The lowest BCUT2D eigenvalue weighted by molar-refractivity contribution is -0.119. The zero-order chi connectivity index (χ0) is 18.4. The molecule has 2 aromatic heterocycles. The van der Waals surface area contributed by atoms with Gasteiger partial charge in [-0.25, -0.2) is 0 Å². The van der Waals surface area contributed by atoms with Gasteiger partial charge in [0, 0.05) is 12.4 Å². The Kier molecular flexibility index (Phi) is 6.01. The molecule has 0 spiro atoms. The number of nitrogens with one attached hydrogen (secondary N) is 1. The van der Waals surface area contributed by atoms with Crippen molar-refractivity contribution in [2.45, 2.75) is 31.6 Å². The average molecular weight is 367 g/mol. The summed E-state index contributed by atoms with van der Waals surface area (Å²) in [7, 11) is 0. The molecule has 1 atom stereocenters. The van der Waals surface area contributed by atoms with E-state index in [9.17, 15) is 4.79 Å². The van der Waals surface area contributed by atoms with Crippen molar-refractivity contribution in [3.63, 3.8) is 0 Å². The van der Waals surface area contributed by atoms with E-state index in [0.717, 1.165) is 16.5 Å². The number of aryl methyl sites for hydroxylation is 1. The lowest BCUT2D eigenvalue weighted by Crippen LogP contribution is -2.28. The molecule has 1 aromatic carbocycles. The fourth-order valence-corrected chi connectivity index (χ4v) is 3.34. The number of hydrogen-bond donors (Lipinski definition) is 1. The summed E-state index contributed by atoms with van der Waals surface area (Å²) in [5.74, 6) is 1.08. The molecule has 1 amide bonds. The second-order valence-electron chi connectivity index (χ2n) is 5.97. The van der Waals surface area contributed by atoms with Gasteiger partial charge in [0.1, 0.15) is 5.82 Å². The van der Waals surface area contributed by atoms with Crippen molar-refractivity contribution in [2.24, 2.45) is 0 Å². The van der Waals surface area contributed by atoms with Crippen LogP contribution in [0.4, 0.5) is 0 Å². The number of nitrogens with zero attached hydrogens (tertiary/aromatic N) is 4. The smallest absolute Gasteiger partial charge is 0.230 e. The fourth-order valence-electron chi connectivity index (χ4n) is 2.55. The molecule has 1 unspecified atom stereocenters. The lowest BCUT2D eigenvalue weighted by Gasteiger charge is -2.14. The van der Waals surface area contributed by atoms with Crippen LogP contribution < -0.4 is 5.32 Å². The molecule has 6 nitrogen and oxygen atoms in total. The minimum absolute atomic E-state index is 0.0433. The number of carbonyl (C=O) groups is 1.